The van der Waals surface area contributed by atoms with Gasteiger partial charge in [0.25, 0.3) is 5.91 Å². The SMILES string of the molecule is CCC(O)(c1cc(F)c2c(c1)C(=O)N(Cc1ncc(Cl)cn1)C2OC)C1CCNCC1. The number of carbonyl (C=O) groups is 1. The Balaban J connectivity index is 1.70. The van der Waals surface area contributed by atoms with E-state index < -0.39 is 17.6 Å². The molecule has 9 heteroatoms. The van der Waals surface area contributed by atoms with Gasteiger partial charge in [0.1, 0.15) is 11.6 Å². The lowest BCUT2D eigenvalue weighted by Crippen LogP contribution is -2.41. The average Bonchev–Trinajstić information content (AvgIpc) is 3.06. The van der Waals surface area contributed by atoms with Gasteiger partial charge in [-0.15, -0.1) is 0 Å². The molecule has 2 unspecified atom stereocenters. The van der Waals surface area contributed by atoms with Gasteiger partial charge in [-0.3, -0.25) is 4.79 Å². The molecule has 2 atom stereocenters. The molecular formula is C22H26ClFN4O3. The number of rotatable bonds is 6. The molecule has 4 rings (SSSR count). The topological polar surface area (TPSA) is 87.6 Å². The van der Waals surface area contributed by atoms with Gasteiger partial charge in [-0.25, -0.2) is 14.4 Å². The summed E-state index contributed by atoms with van der Waals surface area (Å²) in [6.07, 6.45) is 4.00. The molecule has 0 saturated carbocycles. The lowest BCUT2D eigenvalue weighted by molar-refractivity contribution is -0.0399. The molecule has 1 amide bonds. The van der Waals surface area contributed by atoms with E-state index in [2.05, 4.69) is 15.3 Å². The lowest BCUT2D eigenvalue weighted by Gasteiger charge is -2.38. The van der Waals surface area contributed by atoms with Crippen LogP contribution < -0.4 is 5.32 Å². The van der Waals surface area contributed by atoms with Gasteiger partial charge >= 0.3 is 0 Å². The van der Waals surface area contributed by atoms with Crippen molar-refractivity contribution >= 4 is 17.5 Å². The van der Waals surface area contributed by atoms with Crippen molar-refractivity contribution in [3.63, 3.8) is 0 Å². The molecule has 2 N–H and O–H groups in total. The van der Waals surface area contributed by atoms with Gasteiger partial charge in [0.05, 0.1) is 22.7 Å². The third kappa shape index (κ3) is 3.93. The van der Waals surface area contributed by atoms with Crippen LogP contribution in [0.2, 0.25) is 5.02 Å². The monoisotopic (exact) mass is 448 g/mol. The van der Waals surface area contributed by atoms with Crippen LogP contribution >= 0.6 is 11.6 Å². The fourth-order valence-electron chi connectivity index (χ4n) is 4.71. The van der Waals surface area contributed by atoms with Crippen molar-refractivity contribution in [1.82, 2.24) is 20.2 Å². The van der Waals surface area contributed by atoms with E-state index >= 15 is 4.39 Å². The van der Waals surface area contributed by atoms with Gasteiger partial charge in [-0.05, 0) is 56.0 Å². The Morgan fingerprint density at radius 1 is 1.32 bits per heavy atom. The first-order valence-corrected chi connectivity index (χ1v) is 10.8. The predicted octanol–water partition coefficient (Wildman–Crippen LogP) is 3.17. The van der Waals surface area contributed by atoms with Gasteiger partial charge in [-0.1, -0.05) is 18.5 Å². The number of piperidine rings is 1. The van der Waals surface area contributed by atoms with E-state index in [-0.39, 0.29) is 29.5 Å². The Kier molecular flexibility index (Phi) is 6.25. The number of fused-ring (bicyclic) bond motifs is 1. The summed E-state index contributed by atoms with van der Waals surface area (Å²) in [5, 5.41) is 15.2. The summed E-state index contributed by atoms with van der Waals surface area (Å²) in [5.41, 5.74) is -0.385. The quantitative estimate of drug-likeness (QED) is 0.705. The van der Waals surface area contributed by atoms with Crippen molar-refractivity contribution in [2.24, 2.45) is 5.92 Å². The van der Waals surface area contributed by atoms with Crippen molar-refractivity contribution in [2.45, 2.75) is 44.6 Å². The number of hydrogen-bond acceptors (Lipinski definition) is 6. The Labute approximate surface area is 185 Å². The van der Waals surface area contributed by atoms with Crippen LogP contribution in [0.5, 0.6) is 0 Å². The average molecular weight is 449 g/mol. The standard InChI is InChI=1S/C22H26ClFN4O3/c1-3-22(30,13-4-6-25-7-5-13)14-8-16-19(17(24)9-14)21(31-2)28(20(16)29)12-18-26-10-15(23)11-27-18/h8-11,13,21,25,30H,3-7,12H2,1-2H3. The molecule has 0 aliphatic carbocycles. The molecule has 2 aliphatic rings. The molecule has 1 saturated heterocycles. The number of ether oxygens (including phenoxy) is 1. The van der Waals surface area contributed by atoms with Crippen molar-refractivity contribution in [1.29, 1.82) is 0 Å². The maximum absolute atomic E-state index is 15.3. The molecule has 1 aromatic carbocycles. The minimum atomic E-state index is -1.20. The van der Waals surface area contributed by atoms with E-state index in [0.717, 1.165) is 25.9 Å². The van der Waals surface area contributed by atoms with Crippen molar-refractivity contribution < 1.29 is 19.0 Å². The summed E-state index contributed by atoms with van der Waals surface area (Å²) in [4.78, 5) is 22.9. The number of nitrogens with zero attached hydrogens (tertiary/aromatic N) is 3. The summed E-state index contributed by atoms with van der Waals surface area (Å²) in [5.74, 6) is -0.588. The number of amides is 1. The number of hydrogen-bond donors (Lipinski definition) is 2. The second-order valence-corrected chi connectivity index (χ2v) is 8.50. The van der Waals surface area contributed by atoms with Crippen LogP contribution in [0.4, 0.5) is 4.39 Å². The first-order chi connectivity index (χ1) is 14.9. The van der Waals surface area contributed by atoms with Crippen LogP contribution in [0.1, 0.15) is 59.7 Å². The highest BCUT2D eigenvalue weighted by atomic mass is 35.5. The van der Waals surface area contributed by atoms with Crippen LogP contribution in [0.25, 0.3) is 0 Å². The van der Waals surface area contributed by atoms with Crippen molar-refractivity contribution in [2.75, 3.05) is 20.2 Å². The highest BCUT2D eigenvalue weighted by molar-refractivity contribution is 6.30. The number of aromatic nitrogens is 2. The Morgan fingerprint density at radius 2 is 2.00 bits per heavy atom. The van der Waals surface area contributed by atoms with Gasteiger partial charge in [0, 0.05) is 25.1 Å². The number of aliphatic hydroxyl groups is 1. The number of carbonyl (C=O) groups excluding carboxylic acids is 1. The highest BCUT2D eigenvalue weighted by Gasteiger charge is 2.43. The summed E-state index contributed by atoms with van der Waals surface area (Å²) in [6.45, 7) is 3.54. The first kappa shape index (κ1) is 22.1. The summed E-state index contributed by atoms with van der Waals surface area (Å²) >= 11 is 5.84. The molecule has 166 valence electrons. The maximum Gasteiger partial charge on any atom is 0.257 e. The number of nitrogens with one attached hydrogen (secondary N) is 1. The highest BCUT2D eigenvalue weighted by Crippen LogP contribution is 2.43. The van der Waals surface area contributed by atoms with E-state index in [1.54, 1.807) is 6.07 Å². The summed E-state index contributed by atoms with van der Waals surface area (Å²) in [7, 11) is 1.42. The van der Waals surface area contributed by atoms with Gasteiger partial charge in [-0.2, -0.15) is 0 Å². The molecule has 3 heterocycles. The van der Waals surface area contributed by atoms with E-state index in [9.17, 15) is 9.90 Å². The Morgan fingerprint density at radius 3 is 2.61 bits per heavy atom. The third-order valence-electron chi connectivity index (χ3n) is 6.41. The summed E-state index contributed by atoms with van der Waals surface area (Å²) < 4.78 is 20.8. The third-order valence-corrected chi connectivity index (χ3v) is 6.61. The molecule has 2 aromatic rings. The molecule has 1 aromatic heterocycles. The van der Waals surface area contributed by atoms with Crippen LogP contribution in [-0.2, 0) is 16.9 Å². The normalized spacial score (nSPS) is 21.3. The number of halogens is 2. The van der Waals surface area contributed by atoms with Crippen LogP contribution in [-0.4, -0.2) is 46.1 Å². The van der Waals surface area contributed by atoms with Crippen LogP contribution in [0.15, 0.2) is 24.5 Å². The Bertz CT molecular complexity index is 968. The minimum absolute atomic E-state index is 0.00972. The smallest absolute Gasteiger partial charge is 0.257 e. The van der Waals surface area contributed by atoms with E-state index in [4.69, 9.17) is 16.3 Å². The van der Waals surface area contributed by atoms with E-state index in [1.165, 1.54) is 30.5 Å². The zero-order chi connectivity index (χ0) is 22.2. The molecule has 0 radical (unpaired) electrons. The maximum atomic E-state index is 15.3. The van der Waals surface area contributed by atoms with Gasteiger partial charge in [0.2, 0.25) is 0 Å². The zero-order valence-electron chi connectivity index (χ0n) is 17.6. The predicted molar refractivity (Wildman–Crippen MR) is 113 cm³/mol. The van der Waals surface area contributed by atoms with Gasteiger partial charge < -0.3 is 20.1 Å². The molecule has 0 spiro atoms. The largest absolute Gasteiger partial charge is 0.385 e. The molecule has 1 fully saturated rings. The second kappa shape index (κ2) is 8.78. The van der Waals surface area contributed by atoms with Crippen LogP contribution in [0.3, 0.4) is 0 Å². The molecular weight excluding hydrogens is 423 g/mol. The minimum Gasteiger partial charge on any atom is -0.385 e. The first-order valence-electron chi connectivity index (χ1n) is 10.5. The van der Waals surface area contributed by atoms with E-state index in [1.807, 2.05) is 6.92 Å². The number of benzene rings is 1. The fraction of sp³-hybridized carbons (Fsp3) is 0.500. The van der Waals surface area contributed by atoms with Crippen molar-refractivity contribution in [3.8, 4) is 0 Å². The molecule has 0 bridgehead atoms. The molecule has 7 nitrogen and oxygen atoms in total. The lowest BCUT2D eigenvalue weighted by atomic mass is 9.74. The summed E-state index contributed by atoms with van der Waals surface area (Å²) in [6, 6.07) is 2.98. The molecule has 2 aliphatic heterocycles. The number of methoxy groups -OCH3 is 1. The Hall–Kier alpha value is -2.13. The van der Waals surface area contributed by atoms with Crippen LogP contribution in [0, 0.1) is 11.7 Å². The van der Waals surface area contributed by atoms with Gasteiger partial charge in [0.15, 0.2) is 6.23 Å². The van der Waals surface area contributed by atoms with E-state index in [0.29, 0.717) is 22.8 Å². The van der Waals surface area contributed by atoms with Crippen molar-refractivity contribution in [3.05, 3.63) is 57.9 Å². The second-order valence-electron chi connectivity index (χ2n) is 8.06. The zero-order valence-corrected chi connectivity index (χ0v) is 18.3. The fourth-order valence-corrected chi connectivity index (χ4v) is 4.81. The molecule has 31 heavy (non-hydrogen) atoms.